The van der Waals surface area contributed by atoms with Crippen molar-refractivity contribution in [2.24, 2.45) is 11.8 Å². The van der Waals surface area contributed by atoms with Crippen LogP contribution in [0.3, 0.4) is 0 Å². The quantitative estimate of drug-likeness (QED) is 0.0286. The van der Waals surface area contributed by atoms with Crippen molar-refractivity contribution in [2.75, 3.05) is 107 Å². The number of nitrogens with zero attached hydrogens (tertiary/aromatic N) is 3. The number of aryl methyl sites for hydroxylation is 4. The molecule has 0 saturated carbocycles. The van der Waals surface area contributed by atoms with Crippen LogP contribution in [0.25, 0.3) is 0 Å². The minimum atomic E-state index is -4.61. The number of rotatable bonds is 27. The Bertz CT molecular complexity index is 4670. The van der Waals surface area contributed by atoms with Gasteiger partial charge in [-0.3, -0.25) is 29.0 Å². The molecule has 2 fully saturated rings. The zero-order valence-corrected chi connectivity index (χ0v) is 69.8. The molecular formula is C87H97Cl4F12N7O8. The monoisotopic (exact) mass is 1740 g/mol. The van der Waals surface area contributed by atoms with E-state index in [2.05, 4.69) is 70.6 Å². The molecule has 0 aliphatic carbocycles. The van der Waals surface area contributed by atoms with E-state index >= 15 is 0 Å². The number of amides is 4. The van der Waals surface area contributed by atoms with E-state index in [1.165, 1.54) is 56.4 Å². The topological polar surface area (TPSA) is 163 Å². The van der Waals surface area contributed by atoms with E-state index in [0.717, 1.165) is 126 Å². The summed E-state index contributed by atoms with van der Waals surface area (Å²) < 4.78 is 180. The van der Waals surface area contributed by atoms with Gasteiger partial charge in [-0.1, -0.05) is 136 Å². The fraction of sp³-hybridized carbons (Fsp3) is 0.402. The predicted molar refractivity (Wildman–Crippen MR) is 441 cm³/mol. The summed E-state index contributed by atoms with van der Waals surface area (Å²) in [6.07, 6.45) is -10.9. The first-order valence-corrected chi connectivity index (χ1v) is 40.0. The highest BCUT2D eigenvalue weighted by atomic mass is 35.5. The molecule has 0 spiro atoms. The lowest BCUT2D eigenvalue weighted by atomic mass is 9.99. The third-order valence-corrected chi connectivity index (χ3v) is 20.7. The number of alkyl halides is 12. The van der Waals surface area contributed by atoms with Gasteiger partial charge in [-0.15, -0.1) is 0 Å². The van der Waals surface area contributed by atoms with Gasteiger partial charge < -0.3 is 45.1 Å². The summed E-state index contributed by atoms with van der Waals surface area (Å²) in [5, 5.41) is 8.41. The molecule has 0 unspecified atom stereocenters. The van der Waals surface area contributed by atoms with Gasteiger partial charge in [0.1, 0.15) is 36.2 Å². The zero-order valence-electron chi connectivity index (χ0n) is 66.8. The van der Waals surface area contributed by atoms with E-state index in [9.17, 15) is 71.9 Å². The standard InChI is InChI=1S/C23H26ClF3N2O2.C22H24ClF3N2O2.C22H26ClF3N2O2.C20H21ClF3NO2/c1-15-8-10-29(11-9-15)12-13-31-20-5-3-4-16(2)21(20)22(30)28-17-6-7-19(24)18(14-17)23(25,26)27;1-15-6-5-7-19(30-13-12-28-10-3-2-4-11-28)20(15)21(29)27-16-8-9-18(23)17(14-16)22(24,25)26;1-4-28(5-2)12-7-13-30-19-9-6-8-15(3)20(19)21(29)27-16-10-11-18(23)17(14-16)22(24,25)26;1-12(2)9-10-27-17-6-4-5-13(3)18(17)19(26)25-14-7-8-16(21)15(11-14)20(22,23)24/h3-7,14-15H,8-13H2,1-2H3,(H,28,30);5-9,14H,2-4,10-13H2,1H3,(H,27,29);6,8-11,14H,4-5,7,12-13H2,1-3H3,(H,27,29);4-8,11-12H,9-10H2,1-3H3,(H,25,26). The maximum Gasteiger partial charge on any atom is 0.417 e. The molecule has 0 aromatic heterocycles. The first kappa shape index (κ1) is 96.2. The molecule has 15 nitrogen and oxygen atoms in total. The van der Waals surface area contributed by atoms with Gasteiger partial charge in [0.25, 0.3) is 23.6 Å². The highest BCUT2D eigenvalue weighted by Crippen LogP contribution is 2.41. The Kier molecular flexibility index (Phi) is 36.6. The van der Waals surface area contributed by atoms with Gasteiger partial charge in [0.15, 0.2) is 0 Å². The lowest BCUT2D eigenvalue weighted by Crippen LogP contribution is -2.35. The fourth-order valence-electron chi connectivity index (χ4n) is 12.7. The van der Waals surface area contributed by atoms with Crippen molar-refractivity contribution < 1.29 is 90.8 Å². The number of hydrogen-bond acceptors (Lipinski definition) is 11. The average molecular weight is 1740 g/mol. The molecular weight excluding hydrogens is 1640 g/mol. The van der Waals surface area contributed by atoms with Crippen LogP contribution < -0.4 is 40.2 Å². The molecule has 31 heteroatoms. The summed E-state index contributed by atoms with van der Waals surface area (Å²) in [7, 11) is 0. The molecule has 2 saturated heterocycles. The smallest absolute Gasteiger partial charge is 0.417 e. The third-order valence-electron chi connectivity index (χ3n) is 19.3. The second-order valence-electron chi connectivity index (χ2n) is 28.8. The Labute approximate surface area is 700 Å². The Balaban J connectivity index is 0.000000217. The van der Waals surface area contributed by atoms with E-state index in [1.807, 2.05) is 0 Å². The summed E-state index contributed by atoms with van der Waals surface area (Å²) in [4.78, 5) is 58.2. The van der Waals surface area contributed by atoms with Gasteiger partial charge in [0, 0.05) is 42.4 Å². The molecule has 8 aromatic rings. The van der Waals surface area contributed by atoms with Crippen molar-refractivity contribution in [3.63, 3.8) is 0 Å². The molecule has 0 radical (unpaired) electrons. The Morgan fingerprint density at radius 3 is 0.975 bits per heavy atom. The maximum absolute atomic E-state index is 13.1. The fourth-order valence-corrected chi connectivity index (χ4v) is 13.6. The first-order valence-electron chi connectivity index (χ1n) is 38.5. The van der Waals surface area contributed by atoms with E-state index in [0.29, 0.717) is 99.9 Å². The van der Waals surface area contributed by atoms with Crippen LogP contribution in [0.4, 0.5) is 75.4 Å². The van der Waals surface area contributed by atoms with Crippen molar-refractivity contribution >= 4 is 92.8 Å². The van der Waals surface area contributed by atoms with Gasteiger partial charge >= 0.3 is 24.7 Å². The van der Waals surface area contributed by atoms with Crippen LogP contribution in [0.1, 0.15) is 166 Å². The number of benzene rings is 8. The molecule has 4 amide bonds. The maximum atomic E-state index is 13.1. The number of carbonyl (C=O) groups excluding carboxylic acids is 4. The number of piperidine rings is 2. The van der Waals surface area contributed by atoms with Crippen molar-refractivity contribution in [1.29, 1.82) is 0 Å². The molecule has 0 bridgehead atoms. The Morgan fingerprint density at radius 2 is 0.695 bits per heavy atom. The lowest BCUT2D eigenvalue weighted by Gasteiger charge is -2.30. The highest BCUT2D eigenvalue weighted by Gasteiger charge is 2.37. The number of likely N-dealkylation sites (tertiary alicyclic amines) is 2. The molecule has 8 aromatic carbocycles. The van der Waals surface area contributed by atoms with Crippen LogP contribution >= 0.6 is 46.4 Å². The number of ether oxygens (including phenoxy) is 4. The summed E-state index contributed by atoms with van der Waals surface area (Å²) >= 11 is 22.6. The second-order valence-corrected chi connectivity index (χ2v) is 30.4. The molecule has 2 aliphatic heterocycles. The average Bonchev–Trinajstić information content (AvgIpc) is 0.820. The van der Waals surface area contributed by atoms with Crippen LogP contribution in [-0.4, -0.2) is 124 Å². The van der Waals surface area contributed by atoms with Crippen molar-refractivity contribution in [3.05, 3.63) is 232 Å². The van der Waals surface area contributed by atoms with Gasteiger partial charge in [0.2, 0.25) is 0 Å². The van der Waals surface area contributed by atoms with Crippen LogP contribution in [0, 0.1) is 39.5 Å². The molecule has 640 valence electrons. The van der Waals surface area contributed by atoms with Crippen molar-refractivity contribution in [1.82, 2.24) is 14.7 Å². The Morgan fingerprint density at radius 1 is 0.415 bits per heavy atom. The van der Waals surface area contributed by atoms with Gasteiger partial charge in [-0.05, 0) is 237 Å². The van der Waals surface area contributed by atoms with E-state index in [1.54, 1.807) is 100 Å². The van der Waals surface area contributed by atoms with Gasteiger partial charge in [0.05, 0.1) is 77.8 Å². The van der Waals surface area contributed by atoms with Crippen molar-refractivity contribution in [2.45, 2.75) is 132 Å². The highest BCUT2D eigenvalue weighted by molar-refractivity contribution is 6.32. The minimum Gasteiger partial charge on any atom is -0.493 e. The number of halogens is 16. The third kappa shape index (κ3) is 29.5. The van der Waals surface area contributed by atoms with E-state index < -0.39 is 90.7 Å². The molecule has 118 heavy (non-hydrogen) atoms. The van der Waals surface area contributed by atoms with Crippen LogP contribution in [0.15, 0.2) is 146 Å². The van der Waals surface area contributed by atoms with Gasteiger partial charge in [-0.25, -0.2) is 0 Å². The lowest BCUT2D eigenvalue weighted by molar-refractivity contribution is -0.138. The molecule has 0 atom stereocenters. The molecule has 2 heterocycles. The summed E-state index contributed by atoms with van der Waals surface area (Å²) in [5.74, 6) is 0.673. The normalized spacial score (nSPS) is 13.6. The van der Waals surface area contributed by atoms with Gasteiger partial charge in [-0.2, -0.15) is 52.7 Å². The number of anilines is 4. The summed E-state index contributed by atoms with van der Waals surface area (Å²) in [6.45, 7) is 27.8. The summed E-state index contributed by atoms with van der Waals surface area (Å²) in [5.41, 5.74) is -0.0728. The van der Waals surface area contributed by atoms with Crippen LogP contribution in [0.2, 0.25) is 20.1 Å². The van der Waals surface area contributed by atoms with Crippen molar-refractivity contribution in [3.8, 4) is 23.0 Å². The number of hydrogen-bond donors (Lipinski definition) is 4. The zero-order chi connectivity index (χ0) is 86.8. The molecule has 2 aliphatic rings. The molecule has 10 rings (SSSR count). The first-order chi connectivity index (χ1) is 55.7. The van der Waals surface area contributed by atoms with E-state index in [4.69, 9.17) is 65.4 Å². The Hall–Kier alpha value is -8.96. The predicted octanol–water partition coefficient (Wildman–Crippen LogP) is 24.2. The number of nitrogens with one attached hydrogen (secondary N) is 4. The van der Waals surface area contributed by atoms with E-state index in [-0.39, 0.29) is 22.7 Å². The number of carbonyl (C=O) groups is 4. The second kappa shape index (κ2) is 44.9. The van der Waals surface area contributed by atoms with Crippen LogP contribution in [-0.2, 0) is 24.7 Å². The largest absolute Gasteiger partial charge is 0.493 e. The molecule has 4 N–H and O–H groups in total. The summed E-state index contributed by atoms with van der Waals surface area (Å²) in [6, 6.07) is 34.0. The minimum absolute atomic E-state index is 0.00691. The SMILES string of the molecule is CCN(CC)CCCOc1cccc(C)c1C(=O)Nc1ccc(Cl)c(C(F)(F)F)c1.Cc1cccc(OCCC(C)C)c1C(=O)Nc1ccc(Cl)c(C(F)(F)F)c1.Cc1cccc(OCCN2CCC(C)CC2)c1C(=O)Nc1ccc(Cl)c(C(F)(F)F)c1.Cc1cccc(OCCN2CCCCC2)c1C(=O)Nc1ccc(Cl)c(C(F)(F)F)c1. The van der Waals surface area contributed by atoms with Crippen LogP contribution in [0.5, 0.6) is 23.0 Å².